The van der Waals surface area contributed by atoms with Crippen LogP contribution in [0.25, 0.3) is 0 Å². The van der Waals surface area contributed by atoms with E-state index in [1.807, 2.05) is 0 Å². The largest absolute Gasteiger partial charge is 0.416 e. The molecule has 0 aliphatic heterocycles. The maximum atomic E-state index is 12.6. The van der Waals surface area contributed by atoms with E-state index in [1.54, 1.807) is 0 Å². The molecule has 21 heavy (non-hydrogen) atoms. The van der Waals surface area contributed by atoms with Crippen LogP contribution in [-0.2, 0) is 12.7 Å². The highest BCUT2D eigenvalue weighted by atomic mass is 19.4. The molecule has 4 nitrogen and oxygen atoms in total. The summed E-state index contributed by atoms with van der Waals surface area (Å²) in [5.41, 5.74) is 5.66. The lowest BCUT2D eigenvalue weighted by Gasteiger charge is -2.10. The fraction of sp³-hybridized carbons (Fsp3) is 0.143. The maximum absolute atomic E-state index is 12.6. The minimum absolute atomic E-state index is 0.0307. The van der Waals surface area contributed by atoms with Gasteiger partial charge in [-0.1, -0.05) is 12.1 Å². The molecule has 0 atom stereocenters. The quantitative estimate of drug-likeness (QED) is 0.914. The lowest BCUT2D eigenvalue weighted by atomic mass is 10.1. The van der Waals surface area contributed by atoms with Gasteiger partial charge in [-0.3, -0.25) is 9.78 Å². The Morgan fingerprint density at radius 3 is 2.71 bits per heavy atom. The van der Waals surface area contributed by atoms with E-state index < -0.39 is 17.6 Å². The van der Waals surface area contributed by atoms with Crippen LogP contribution in [0, 0.1) is 0 Å². The minimum Gasteiger partial charge on any atom is -0.398 e. The molecule has 0 aliphatic carbocycles. The fourth-order valence-electron chi connectivity index (χ4n) is 1.73. The molecule has 0 bridgehead atoms. The van der Waals surface area contributed by atoms with Crippen LogP contribution in [-0.4, -0.2) is 10.9 Å². The first kappa shape index (κ1) is 14.8. The summed E-state index contributed by atoms with van der Waals surface area (Å²) >= 11 is 0. The van der Waals surface area contributed by atoms with Gasteiger partial charge in [-0.05, 0) is 23.8 Å². The summed E-state index contributed by atoms with van der Waals surface area (Å²) in [6.07, 6.45) is -1.66. The van der Waals surface area contributed by atoms with Crippen LogP contribution < -0.4 is 11.1 Å². The number of hydrogen-bond donors (Lipinski definition) is 2. The number of hydrogen-bond acceptors (Lipinski definition) is 3. The third kappa shape index (κ3) is 3.71. The van der Waals surface area contributed by atoms with Gasteiger partial charge in [0.2, 0.25) is 0 Å². The number of carbonyl (C=O) groups is 1. The number of pyridine rings is 1. The van der Waals surface area contributed by atoms with Crippen molar-refractivity contribution in [1.82, 2.24) is 10.3 Å². The van der Waals surface area contributed by atoms with Crippen molar-refractivity contribution < 1.29 is 18.0 Å². The monoisotopic (exact) mass is 295 g/mol. The van der Waals surface area contributed by atoms with E-state index in [9.17, 15) is 18.0 Å². The van der Waals surface area contributed by atoms with Crippen molar-refractivity contribution in [3.05, 3.63) is 59.4 Å². The van der Waals surface area contributed by atoms with Crippen molar-refractivity contribution in [2.24, 2.45) is 0 Å². The Balaban J connectivity index is 2.07. The molecule has 0 radical (unpaired) electrons. The summed E-state index contributed by atoms with van der Waals surface area (Å²) in [5, 5.41) is 2.51. The number of anilines is 1. The summed E-state index contributed by atoms with van der Waals surface area (Å²) in [4.78, 5) is 15.6. The molecular formula is C14H12F3N3O. The van der Waals surface area contributed by atoms with Gasteiger partial charge in [0, 0.05) is 24.6 Å². The number of aromatic nitrogens is 1. The van der Waals surface area contributed by atoms with Crippen LogP contribution >= 0.6 is 0 Å². The highest BCUT2D eigenvalue weighted by Gasteiger charge is 2.30. The molecule has 0 saturated carbocycles. The molecule has 1 aromatic carbocycles. The van der Waals surface area contributed by atoms with E-state index in [1.165, 1.54) is 30.6 Å². The number of halogens is 3. The van der Waals surface area contributed by atoms with Gasteiger partial charge in [-0.15, -0.1) is 0 Å². The van der Waals surface area contributed by atoms with E-state index >= 15 is 0 Å². The van der Waals surface area contributed by atoms with Crippen molar-refractivity contribution >= 4 is 11.6 Å². The number of benzene rings is 1. The van der Waals surface area contributed by atoms with Crippen molar-refractivity contribution in [2.75, 3.05) is 5.73 Å². The maximum Gasteiger partial charge on any atom is 0.416 e. The highest BCUT2D eigenvalue weighted by molar-refractivity contribution is 5.98. The first-order valence-corrected chi connectivity index (χ1v) is 6.02. The number of nitrogens with one attached hydrogen (secondary N) is 1. The Kier molecular flexibility index (Phi) is 4.11. The van der Waals surface area contributed by atoms with Gasteiger partial charge in [-0.25, -0.2) is 0 Å². The summed E-state index contributed by atoms with van der Waals surface area (Å²) in [7, 11) is 0. The van der Waals surface area contributed by atoms with Gasteiger partial charge < -0.3 is 11.1 Å². The standard InChI is InChI=1S/C14H12F3N3O/c15-14(16,17)10-3-1-2-9(6-10)7-20-13(21)11-8-19-5-4-12(11)18/h1-6,8H,7H2,(H2,18,19)(H,20,21). The van der Waals surface area contributed by atoms with Crippen molar-refractivity contribution in [1.29, 1.82) is 0 Å². The molecule has 2 rings (SSSR count). The van der Waals surface area contributed by atoms with E-state index in [0.717, 1.165) is 12.1 Å². The van der Waals surface area contributed by atoms with Crippen LogP contribution in [0.5, 0.6) is 0 Å². The average Bonchev–Trinajstić information content (AvgIpc) is 2.45. The Hall–Kier alpha value is -2.57. The molecule has 3 N–H and O–H groups in total. The van der Waals surface area contributed by atoms with Gasteiger partial charge in [0.25, 0.3) is 5.91 Å². The van der Waals surface area contributed by atoms with Gasteiger partial charge >= 0.3 is 6.18 Å². The number of nitrogens with two attached hydrogens (primary N) is 1. The Morgan fingerprint density at radius 1 is 1.29 bits per heavy atom. The smallest absolute Gasteiger partial charge is 0.398 e. The lowest BCUT2D eigenvalue weighted by Crippen LogP contribution is -2.24. The molecule has 110 valence electrons. The van der Waals surface area contributed by atoms with Crippen molar-refractivity contribution in [3.8, 4) is 0 Å². The van der Waals surface area contributed by atoms with Gasteiger partial charge in [0.05, 0.1) is 11.1 Å². The van der Waals surface area contributed by atoms with E-state index in [0.29, 0.717) is 5.56 Å². The number of carbonyl (C=O) groups excluding carboxylic acids is 1. The van der Waals surface area contributed by atoms with Crippen LogP contribution in [0.4, 0.5) is 18.9 Å². The Labute approximate surface area is 118 Å². The minimum atomic E-state index is -4.41. The molecule has 0 spiro atoms. The molecule has 0 fully saturated rings. The fourth-order valence-corrected chi connectivity index (χ4v) is 1.73. The van der Waals surface area contributed by atoms with Crippen molar-refractivity contribution in [3.63, 3.8) is 0 Å². The molecule has 1 amide bonds. The molecule has 0 aliphatic rings. The topological polar surface area (TPSA) is 68.0 Å². The number of nitrogens with zero attached hydrogens (tertiary/aromatic N) is 1. The molecule has 7 heteroatoms. The molecule has 1 aromatic heterocycles. The van der Waals surface area contributed by atoms with E-state index in [-0.39, 0.29) is 17.8 Å². The first-order valence-electron chi connectivity index (χ1n) is 6.02. The molecular weight excluding hydrogens is 283 g/mol. The van der Waals surface area contributed by atoms with Crippen LogP contribution in [0.2, 0.25) is 0 Å². The van der Waals surface area contributed by atoms with Crippen molar-refractivity contribution in [2.45, 2.75) is 12.7 Å². The van der Waals surface area contributed by atoms with Crippen LogP contribution in [0.3, 0.4) is 0 Å². The average molecular weight is 295 g/mol. The Morgan fingerprint density at radius 2 is 2.05 bits per heavy atom. The van der Waals surface area contributed by atoms with Crippen LogP contribution in [0.1, 0.15) is 21.5 Å². The third-order valence-corrected chi connectivity index (χ3v) is 2.81. The number of alkyl halides is 3. The summed E-state index contributed by atoms with van der Waals surface area (Å²) in [6, 6.07) is 6.24. The molecule has 0 saturated heterocycles. The Bertz CT molecular complexity index is 656. The SMILES string of the molecule is Nc1ccncc1C(=O)NCc1cccc(C(F)(F)F)c1. The van der Waals surface area contributed by atoms with Gasteiger partial charge in [-0.2, -0.15) is 13.2 Å². The second-order valence-corrected chi connectivity index (χ2v) is 4.34. The summed E-state index contributed by atoms with van der Waals surface area (Å²) in [5.74, 6) is -0.488. The third-order valence-electron chi connectivity index (χ3n) is 2.81. The zero-order valence-corrected chi connectivity index (χ0v) is 10.8. The predicted molar refractivity (Wildman–Crippen MR) is 71.3 cm³/mol. The summed E-state index contributed by atoms with van der Waals surface area (Å²) < 4.78 is 37.7. The number of rotatable bonds is 3. The van der Waals surface area contributed by atoms with Crippen LogP contribution in [0.15, 0.2) is 42.7 Å². The number of amides is 1. The number of nitrogen functional groups attached to an aromatic ring is 1. The normalized spacial score (nSPS) is 11.2. The second-order valence-electron chi connectivity index (χ2n) is 4.34. The van der Waals surface area contributed by atoms with Gasteiger partial charge in [0.1, 0.15) is 0 Å². The van der Waals surface area contributed by atoms with Gasteiger partial charge in [0.15, 0.2) is 0 Å². The molecule has 2 aromatic rings. The lowest BCUT2D eigenvalue weighted by molar-refractivity contribution is -0.137. The first-order chi connectivity index (χ1) is 9.88. The molecule has 0 unspecified atom stereocenters. The molecule has 1 heterocycles. The summed E-state index contributed by atoms with van der Waals surface area (Å²) in [6.45, 7) is -0.0307. The second kappa shape index (κ2) is 5.82. The zero-order chi connectivity index (χ0) is 15.5. The zero-order valence-electron chi connectivity index (χ0n) is 10.8. The van der Waals surface area contributed by atoms with E-state index in [4.69, 9.17) is 5.73 Å². The predicted octanol–water partition coefficient (Wildman–Crippen LogP) is 2.61. The van der Waals surface area contributed by atoms with E-state index in [2.05, 4.69) is 10.3 Å². The highest BCUT2D eigenvalue weighted by Crippen LogP contribution is 2.29.